The largest absolute Gasteiger partial charge is 0.464 e. The lowest BCUT2D eigenvalue weighted by Crippen LogP contribution is -2.48. The van der Waals surface area contributed by atoms with Gasteiger partial charge in [0.05, 0.1) is 25.5 Å². The Morgan fingerprint density at radius 1 is 1.10 bits per heavy atom. The summed E-state index contributed by atoms with van der Waals surface area (Å²) in [6.07, 6.45) is 7.92. The number of imidazole rings is 1. The highest BCUT2D eigenvalue weighted by atomic mass is 35.5. The van der Waals surface area contributed by atoms with Gasteiger partial charge in [-0.15, -0.1) is 6.42 Å². The number of hydrogen-bond donors (Lipinski definition) is 2. The minimum Gasteiger partial charge on any atom is -0.464 e. The Labute approximate surface area is 308 Å². The molecule has 0 radical (unpaired) electrons. The van der Waals surface area contributed by atoms with Gasteiger partial charge in [-0.05, 0) is 36.6 Å². The van der Waals surface area contributed by atoms with Crippen molar-refractivity contribution in [2.24, 2.45) is 17.8 Å². The molecule has 17 heteroatoms. The number of nitrogens with zero attached hydrogens (tertiary/aromatic N) is 4. The number of terminal acetylenes is 1. The van der Waals surface area contributed by atoms with Crippen molar-refractivity contribution in [2.45, 2.75) is 85.1 Å². The number of esters is 2. The first kappa shape index (κ1) is 40.7. The van der Waals surface area contributed by atoms with E-state index in [0.29, 0.717) is 0 Å². The van der Waals surface area contributed by atoms with E-state index in [-0.39, 0.29) is 59.0 Å². The summed E-state index contributed by atoms with van der Waals surface area (Å²) in [5.41, 5.74) is -1.40. The third-order valence-corrected chi connectivity index (χ3v) is 10.3. The molecule has 1 aliphatic heterocycles. The van der Waals surface area contributed by atoms with Gasteiger partial charge in [-0.3, -0.25) is 18.9 Å². The molecule has 52 heavy (non-hydrogen) atoms. The van der Waals surface area contributed by atoms with Gasteiger partial charge in [-0.2, -0.15) is 15.1 Å². The normalized spacial score (nSPS) is 20.4. The predicted molar refractivity (Wildman–Crippen MR) is 193 cm³/mol. The molecule has 5 atom stereocenters. The van der Waals surface area contributed by atoms with Gasteiger partial charge in [-0.25, -0.2) is 9.55 Å². The van der Waals surface area contributed by atoms with E-state index in [1.165, 1.54) is 13.3 Å². The number of fused-ring (bicyclic) bond motifs is 1. The second kappa shape index (κ2) is 17.6. The molecule has 2 N–H and O–H groups in total. The molecular formula is C35H46ClN6O9P. The van der Waals surface area contributed by atoms with Crippen molar-refractivity contribution in [3.05, 3.63) is 41.9 Å². The number of carbonyl (C=O) groups excluding carboxylic acids is 3. The molecule has 1 saturated heterocycles. The summed E-state index contributed by atoms with van der Waals surface area (Å²) < 4.78 is 45.4. The second-order valence-electron chi connectivity index (χ2n) is 13.1. The van der Waals surface area contributed by atoms with Crippen LogP contribution in [0.5, 0.6) is 5.75 Å². The topological polar surface area (TPSA) is 182 Å². The van der Waals surface area contributed by atoms with Gasteiger partial charge >= 0.3 is 19.7 Å². The smallest absolute Gasteiger partial charge is 0.459 e. The Kier molecular flexibility index (Phi) is 13.8. The van der Waals surface area contributed by atoms with Gasteiger partial charge in [0.2, 0.25) is 11.2 Å². The Morgan fingerprint density at radius 3 is 2.40 bits per heavy atom. The van der Waals surface area contributed by atoms with E-state index >= 15 is 0 Å². The molecule has 3 heterocycles. The van der Waals surface area contributed by atoms with Gasteiger partial charge < -0.3 is 28.6 Å². The van der Waals surface area contributed by atoms with Crippen LogP contribution < -0.4 is 14.9 Å². The van der Waals surface area contributed by atoms with Gasteiger partial charge in [-0.1, -0.05) is 78.5 Å². The Balaban J connectivity index is 1.68. The van der Waals surface area contributed by atoms with E-state index in [0.717, 1.165) is 12.8 Å². The van der Waals surface area contributed by atoms with Crippen LogP contribution in [0.2, 0.25) is 5.28 Å². The summed E-state index contributed by atoms with van der Waals surface area (Å²) in [7, 11) is -4.42. The average Bonchev–Trinajstić information content (AvgIpc) is 3.69. The van der Waals surface area contributed by atoms with Crippen molar-refractivity contribution in [1.82, 2.24) is 24.6 Å². The number of halogens is 1. The fourth-order valence-corrected chi connectivity index (χ4v) is 6.86. The Bertz CT molecular complexity index is 1810. The number of amides is 1. The molecule has 1 aliphatic rings. The second-order valence-corrected chi connectivity index (χ2v) is 15.1. The fourth-order valence-electron chi connectivity index (χ4n) is 5.18. The van der Waals surface area contributed by atoms with Gasteiger partial charge in [0.25, 0.3) is 0 Å². The van der Waals surface area contributed by atoms with Crippen molar-refractivity contribution >= 4 is 54.2 Å². The maximum Gasteiger partial charge on any atom is 0.459 e. The summed E-state index contributed by atoms with van der Waals surface area (Å²) in [4.78, 5) is 51.5. The number of carbonyl (C=O) groups is 3. The molecule has 0 bridgehead atoms. The minimum atomic E-state index is -4.42. The molecule has 15 nitrogen and oxygen atoms in total. The van der Waals surface area contributed by atoms with Crippen LogP contribution in [0.4, 0.5) is 5.82 Å². The van der Waals surface area contributed by atoms with E-state index in [4.69, 9.17) is 41.3 Å². The standard InChI is InChI=1S/C35H46ClN6O9P/c1-9-24(10-2)17-47-33(45)23(8)41-52(46,51-25-15-13-12-14-16-25)49-19-35(11-3)28(50-32(44)22(6)7)26(18-48-35)42-20-37-27-29(38-31(43)21(4)5)39-34(36)40-30(27)42/h3,12-16,20-24,26,28H,9-10,17-19H2,1-2,4-8H3,(H,41,46)(H,38,39,40,43)/t23-,26+,28-,35+,52?/m0/s1. The van der Waals surface area contributed by atoms with Crippen LogP contribution in [0, 0.1) is 30.1 Å². The molecule has 1 aromatic carbocycles. The maximum atomic E-state index is 14.4. The molecular weight excluding hydrogens is 715 g/mol. The fraction of sp³-hybridized carbons (Fsp3) is 0.543. The maximum absolute atomic E-state index is 14.4. The van der Waals surface area contributed by atoms with E-state index < -0.39 is 56.0 Å². The number of nitrogens with one attached hydrogen (secondary N) is 2. The van der Waals surface area contributed by atoms with Crippen LogP contribution in [0.15, 0.2) is 36.7 Å². The first-order valence-corrected chi connectivity index (χ1v) is 19.0. The summed E-state index contributed by atoms with van der Waals surface area (Å²) in [6.45, 7) is 11.7. The molecule has 1 fully saturated rings. The number of ether oxygens (including phenoxy) is 3. The number of aromatic nitrogens is 4. The van der Waals surface area contributed by atoms with E-state index in [1.807, 2.05) is 13.8 Å². The average molecular weight is 761 g/mol. The zero-order valence-electron chi connectivity index (χ0n) is 30.3. The lowest BCUT2D eigenvalue weighted by molar-refractivity contribution is -0.162. The molecule has 282 valence electrons. The molecule has 4 rings (SSSR count). The van der Waals surface area contributed by atoms with Crippen LogP contribution in [0.25, 0.3) is 11.2 Å². The highest BCUT2D eigenvalue weighted by Crippen LogP contribution is 2.48. The van der Waals surface area contributed by atoms with Crippen LogP contribution >= 0.6 is 19.3 Å². The number of benzene rings is 1. The van der Waals surface area contributed by atoms with Crippen molar-refractivity contribution < 1.29 is 42.2 Å². The van der Waals surface area contributed by atoms with Crippen LogP contribution in [0.3, 0.4) is 0 Å². The number of para-hydroxylation sites is 1. The predicted octanol–water partition coefficient (Wildman–Crippen LogP) is 5.75. The molecule has 0 spiro atoms. The van der Waals surface area contributed by atoms with Crippen molar-refractivity contribution in [3.63, 3.8) is 0 Å². The summed E-state index contributed by atoms with van der Waals surface area (Å²) in [5, 5.41) is 5.20. The molecule has 3 aromatic rings. The Morgan fingerprint density at radius 2 is 1.79 bits per heavy atom. The van der Waals surface area contributed by atoms with E-state index in [2.05, 4.69) is 31.3 Å². The monoisotopic (exact) mass is 760 g/mol. The number of rotatable bonds is 17. The van der Waals surface area contributed by atoms with Crippen LogP contribution in [-0.4, -0.2) is 74.9 Å². The zero-order chi connectivity index (χ0) is 38.2. The van der Waals surface area contributed by atoms with Gasteiger partial charge in [0.15, 0.2) is 28.7 Å². The Hall–Kier alpha value is -4.06. The van der Waals surface area contributed by atoms with E-state index in [1.54, 1.807) is 62.6 Å². The third kappa shape index (κ3) is 9.67. The van der Waals surface area contributed by atoms with Gasteiger partial charge in [0.1, 0.15) is 24.4 Å². The highest BCUT2D eigenvalue weighted by molar-refractivity contribution is 7.52. The van der Waals surface area contributed by atoms with Crippen molar-refractivity contribution in [3.8, 4) is 18.1 Å². The van der Waals surface area contributed by atoms with E-state index in [9.17, 15) is 18.9 Å². The number of hydrogen-bond acceptors (Lipinski definition) is 12. The first-order chi connectivity index (χ1) is 24.7. The van der Waals surface area contributed by atoms with Crippen molar-refractivity contribution in [2.75, 3.05) is 25.1 Å². The summed E-state index contributed by atoms with van der Waals surface area (Å²) in [6, 6.07) is 6.25. The highest BCUT2D eigenvalue weighted by Gasteiger charge is 2.55. The van der Waals surface area contributed by atoms with Crippen LogP contribution in [0.1, 0.15) is 67.3 Å². The lowest BCUT2D eigenvalue weighted by Gasteiger charge is -2.33. The minimum absolute atomic E-state index is 0.0891. The summed E-state index contributed by atoms with van der Waals surface area (Å²) >= 11 is 6.28. The number of anilines is 1. The van der Waals surface area contributed by atoms with Crippen LogP contribution in [-0.2, 0) is 37.7 Å². The molecule has 1 amide bonds. The van der Waals surface area contributed by atoms with Crippen molar-refractivity contribution in [1.29, 1.82) is 0 Å². The third-order valence-electron chi connectivity index (χ3n) is 8.54. The SMILES string of the molecule is C#C[C@]1(COP(=O)(N[C@@H](C)C(=O)OCC(CC)CC)Oc2ccccc2)OC[C@@H](n2cnc3c(NC(=O)C(C)C)nc(Cl)nc32)[C@@H]1OC(=O)C(C)C. The van der Waals surface area contributed by atoms with Gasteiger partial charge in [0, 0.05) is 5.92 Å². The lowest BCUT2D eigenvalue weighted by atomic mass is 9.95. The zero-order valence-corrected chi connectivity index (χ0v) is 32.0. The first-order valence-electron chi connectivity index (χ1n) is 17.1. The molecule has 1 unspecified atom stereocenters. The molecule has 0 aliphatic carbocycles. The quantitative estimate of drug-likeness (QED) is 0.0736. The summed E-state index contributed by atoms with van der Waals surface area (Å²) in [5.74, 6) is 0.518. The molecule has 2 aromatic heterocycles. The molecule has 0 saturated carbocycles.